The third-order valence-electron chi connectivity index (χ3n) is 5.93. The first-order chi connectivity index (χ1) is 15.9. The van der Waals surface area contributed by atoms with Crippen LogP contribution in [0.5, 0.6) is 0 Å². The topological polar surface area (TPSA) is 114 Å². The average Bonchev–Trinajstić information content (AvgIpc) is 3.14. The highest BCUT2D eigenvalue weighted by molar-refractivity contribution is 5.89. The van der Waals surface area contributed by atoms with Crippen LogP contribution >= 0.6 is 0 Å². The summed E-state index contributed by atoms with van der Waals surface area (Å²) in [6.45, 7) is 3.54. The number of hydrogen-bond acceptors (Lipinski definition) is 5. The fraction of sp³-hybridized carbons (Fsp3) is 0.400. The number of hydrogen-bond donors (Lipinski definition) is 3. The number of alkyl carbamates (subject to hydrolysis) is 1. The third kappa shape index (κ3) is 5.51. The van der Waals surface area contributed by atoms with Crippen LogP contribution < -0.4 is 10.6 Å². The molecule has 0 unspecified atom stereocenters. The third-order valence-corrected chi connectivity index (χ3v) is 5.93. The smallest absolute Gasteiger partial charge is 0.407 e. The maximum Gasteiger partial charge on any atom is 0.407 e. The predicted octanol–water partition coefficient (Wildman–Crippen LogP) is 3.30. The molecule has 0 aromatic heterocycles. The minimum absolute atomic E-state index is 0.100. The largest absolute Gasteiger partial charge is 0.480 e. The normalized spacial score (nSPS) is 15.0. The van der Waals surface area contributed by atoms with Gasteiger partial charge in [0.15, 0.2) is 0 Å². The lowest BCUT2D eigenvalue weighted by Crippen LogP contribution is -2.56. The molecule has 33 heavy (non-hydrogen) atoms. The molecule has 2 amide bonds. The Kier molecular flexibility index (Phi) is 8.06. The van der Waals surface area contributed by atoms with E-state index in [4.69, 9.17) is 9.47 Å². The summed E-state index contributed by atoms with van der Waals surface area (Å²) in [4.78, 5) is 36.8. The van der Waals surface area contributed by atoms with Crippen LogP contribution in [0.3, 0.4) is 0 Å². The molecule has 176 valence electrons. The first kappa shape index (κ1) is 24.3. The summed E-state index contributed by atoms with van der Waals surface area (Å²) in [5.41, 5.74) is 4.39. The van der Waals surface area contributed by atoms with Gasteiger partial charge in [0.1, 0.15) is 18.7 Å². The van der Waals surface area contributed by atoms with Crippen molar-refractivity contribution >= 4 is 18.0 Å². The van der Waals surface area contributed by atoms with Crippen molar-refractivity contribution in [2.24, 2.45) is 0 Å². The van der Waals surface area contributed by atoms with E-state index in [1.807, 2.05) is 55.5 Å². The Balaban J connectivity index is 1.68. The van der Waals surface area contributed by atoms with E-state index in [1.165, 1.54) is 7.11 Å². The zero-order valence-electron chi connectivity index (χ0n) is 19.0. The molecule has 8 heteroatoms. The van der Waals surface area contributed by atoms with Crippen LogP contribution in [0, 0.1) is 0 Å². The van der Waals surface area contributed by atoms with Crippen molar-refractivity contribution in [2.45, 2.75) is 50.8 Å². The van der Waals surface area contributed by atoms with Gasteiger partial charge in [-0.2, -0.15) is 0 Å². The van der Waals surface area contributed by atoms with Gasteiger partial charge < -0.3 is 25.2 Å². The molecule has 3 rings (SSSR count). The molecule has 0 aliphatic heterocycles. The quantitative estimate of drug-likeness (QED) is 0.508. The molecule has 1 aliphatic rings. The SMILES string of the molecule is CCC[C@H](NC(=O)[C@@H](NC(=O)OCC1c2ccccc2-c2ccccc21)[C@@H](C)OC)C(=O)O. The van der Waals surface area contributed by atoms with Crippen molar-refractivity contribution < 1.29 is 29.0 Å². The van der Waals surface area contributed by atoms with Crippen molar-refractivity contribution in [1.29, 1.82) is 0 Å². The van der Waals surface area contributed by atoms with E-state index in [1.54, 1.807) is 6.92 Å². The molecule has 8 nitrogen and oxygen atoms in total. The fourth-order valence-electron chi connectivity index (χ4n) is 4.11. The summed E-state index contributed by atoms with van der Waals surface area (Å²) in [6.07, 6.45) is -0.605. The standard InChI is InChI=1S/C25H30N2O6/c1-4-9-21(24(29)30)26-23(28)22(15(2)32-3)27-25(31)33-14-20-18-12-7-5-10-16(18)17-11-6-8-13-19(17)20/h5-8,10-13,15,20-22H,4,9,14H2,1-3H3,(H,26,28)(H,27,31)(H,29,30)/t15-,21+,22+/m1/s1. The van der Waals surface area contributed by atoms with E-state index in [2.05, 4.69) is 10.6 Å². The number of ether oxygens (including phenoxy) is 2. The minimum Gasteiger partial charge on any atom is -0.480 e. The van der Waals surface area contributed by atoms with Gasteiger partial charge in [-0.15, -0.1) is 0 Å². The second kappa shape index (κ2) is 11.0. The van der Waals surface area contributed by atoms with Crippen LogP contribution in [-0.2, 0) is 19.1 Å². The van der Waals surface area contributed by atoms with Gasteiger partial charge in [0.2, 0.25) is 5.91 Å². The Hall–Kier alpha value is -3.39. The van der Waals surface area contributed by atoms with Gasteiger partial charge in [-0.05, 0) is 35.6 Å². The van der Waals surface area contributed by atoms with Gasteiger partial charge in [0.25, 0.3) is 0 Å². The van der Waals surface area contributed by atoms with E-state index in [0.29, 0.717) is 6.42 Å². The Morgan fingerprint density at radius 1 is 1.00 bits per heavy atom. The monoisotopic (exact) mass is 454 g/mol. The van der Waals surface area contributed by atoms with Crippen molar-refractivity contribution in [3.05, 3.63) is 59.7 Å². The van der Waals surface area contributed by atoms with Gasteiger partial charge in [0, 0.05) is 13.0 Å². The maximum atomic E-state index is 12.7. The molecule has 1 aliphatic carbocycles. The van der Waals surface area contributed by atoms with Crippen molar-refractivity contribution in [1.82, 2.24) is 10.6 Å². The molecule has 0 radical (unpaired) electrons. The lowest BCUT2D eigenvalue weighted by Gasteiger charge is -2.25. The highest BCUT2D eigenvalue weighted by Gasteiger charge is 2.32. The number of nitrogens with one attached hydrogen (secondary N) is 2. The number of amides is 2. The van der Waals surface area contributed by atoms with E-state index in [9.17, 15) is 19.5 Å². The highest BCUT2D eigenvalue weighted by Crippen LogP contribution is 2.44. The van der Waals surface area contributed by atoms with Gasteiger partial charge >= 0.3 is 12.1 Å². The number of carboxylic acid groups (broad SMARTS) is 1. The molecule has 2 aromatic carbocycles. The molecule has 2 aromatic rings. The Morgan fingerprint density at radius 2 is 1.58 bits per heavy atom. The summed E-state index contributed by atoms with van der Waals surface area (Å²) in [7, 11) is 1.41. The molecule has 0 saturated carbocycles. The van der Waals surface area contributed by atoms with Crippen molar-refractivity contribution in [2.75, 3.05) is 13.7 Å². The van der Waals surface area contributed by atoms with E-state index < -0.39 is 36.2 Å². The van der Waals surface area contributed by atoms with Crippen LogP contribution in [0.15, 0.2) is 48.5 Å². The summed E-state index contributed by atoms with van der Waals surface area (Å²) >= 11 is 0. The lowest BCUT2D eigenvalue weighted by molar-refractivity contribution is -0.142. The second-order valence-corrected chi connectivity index (χ2v) is 8.08. The first-order valence-corrected chi connectivity index (χ1v) is 11.0. The van der Waals surface area contributed by atoms with Crippen molar-refractivity contribution in [3.63, 3.8) is 0 Å². The predicted molar refractivity (Wildman–Crippen MR) is 123 cm³/mol. The van der Waals surface area contributed by atoms with Crippen LogP contribution in [0.4, 0.5) is 4.79 Å². The molecule has 0 fully saturated rings. The summed E-state index contributed by atoms with van der Waals surface area (Å²) in [5.74, 6) is -1.88. The zero-order valence-corrected chi connectivity index (χ0v) is 19.0. The van der Waals surface area contributed by atoms with E-state index in [-0.39, 0.29) is 18.9 Å². The molecule has 0 spiro atoms. The van der Waals surface area contributed by atoms with Gasteiger partial charge in [-0.25, -0.2) is 9.59 Å². The molecule has 0 heterocycles. The number of methoxy groups -OCH3 is 1. The summed E-state index contributed by atoms with van der Waals surface area (Å²) < 4.78 is 10.7. The number of fused-ring (bicyclic) bond motifs is 3. The van der Waals surface area contributed by atoms with Crippen molar-refractivity contribution in [3.8, 4) is 11.1 Å². The maximum absolute atomic E-state index is 12.7. The van der Waals surface area contributed by atoms with Crippen LogP contribution in [0.2, 0.25) is 0 Å². The number of carbonyl (C=O) groups excluding carboxylic acids is 2. The van der Waals surface area contributed by atoms with Crippen LogP contribution in [0.25, 0.3) is 11.1 Å². The molecule has 0 saturated heterocycles. The van der Waals surface area contributed by atoms with E-state index in [0.717, 1.165) is 22.3 Å². The van der Waals surface area contributed by atoms with Crippen LogP contribution in [0.1, 0.15) is 43.7 Å². The van der Waals surface area contributed by atoms with E-state index >= 15 is 0 Å². The first-order valence-electron chi connectivity index (χ1n) is 11.0. The average molecular weight is 455 g/mol. The molecule has 3 atom stereocenters. The summed E-state index contributed by atoms with van der Waals surface area (Å²) in [6, 6.07) is 13.8. The number of benzene rings is 2. The van der Waals surface area contributed by atoms with Gasteiger partial charge in [-0.3, -0.25) is 4.79 Å². The number of rotatable bonds is 10. The Labute approximate surface area is 193 Å². The number of carbonyl (C=O) groups is 3. The summed E-state index contributed by atoms with van der Waals surface area (Å²) in [5, 5.41) is 14.3. The van der Waals surface area contributed by atoms with Gasteiger partial charge in [-0.1, -0.05) is 61.9 Å². The molecular weight excluding hydrogens is 424 g/mol. The zero-order chi connectivity index (χ0) is 24.0. The minimum atomic E-state index is -1.13. The van der Waals surface area contributed by atoms with Gasteiger partial charge in [0.05, 0.1) is 6.10 Å². The number of carboxylic acids is 1. The molecule has 3 N–H and O–H groups in total. The Morgan fingerprint density at radius 3 is 2.09 bits per heavy atom. The molecule has 0 bridgehead atoms. The Bertz CT molecular complexity index is 962. The highest BCUT2D eigenvalue weighted by atomic mass is 16.5. The molecular formula is C25H30N2O6. The van der Waals surface area contributed by atoms with Crippen LogP contribution in [-0.4, -0.2) is 55.0 Å². The fourth-order valence-corrected chi connectivity index (χ4v) is 4.11. The lowest BCUT2D eigenvalue weighted by atomic mass is 9.98. The second-order valence-electron chi connectivity index (χ2n) is 8.08. The number of aliphatic carboxylic acids is 1.